The summed E-state index contributed by atoms with van der Waals surface area (Å²) < 4.78 is 0. The van der Waals surface area contributed by atoms with Crippen molar-refractivity contribution in [2.45, 2.75) is 12.3 Å². The van der Waals surface area contributed by atoms with Crippen LogP contribution in [0.25, 0.3) is 10.9 Å². The molecule has 1 aromatic heterocycles. The molecule has 1 heterocycles. The highest BCUT2D eigenvalue weighted by Gasteiger charge is 2.43. The predicted molar refractivity (Wildman–Crippen MR) is 83.4 cm³/mol. The van der Waals surface area contributed by atoms with Crippen molar-refractivity contribution in [1.82, 2.24) is 4.98 Å². The molecule has 0 amide bonds. The second-order valence-electron chi connectivity index (χ2n) is 5.63. The molecular formula is C19H15NO. The number of carbonyl (C=O) groups is 1. The molecule has 21 heavy (non-hydrogen) atoms. The monoisotopic (exact) mass is 273 g/mol. The summed E-state index contributed by atoms with van der Waals surface area (Å²) in [6.45, 7) is 0. The Kier molecular flexibility index (Phi) is 2.81. The lowest BCUT2D eigenvalue weighted by Gasteiger charge is -2.03. The van der Waals surface area contributed by atoms with Crippen molar-refractivity contribution in [2.75, 3.05) is 0 Å². The summed E-state index contributed by atoms with van der Waals surface area (Å²) >= 11 is 0. The Hall–Kier alpha value is -2.48. The Balaban J connectivity index is 1.60. The van der Waals surface area contributed by atoms with Crippen LogP contribution in [0.15, 0.2) is 66.9 Å². The molecule has 2 heteroatoms. The Morgan fingerprint density at radius 1 is 1.00 bits per heavy atom. The number of hydrogen-bond acceptors (Lipinski definition) is 2. The zero-order valence-electron chi connectivity index (χ0n) is 11.6. The SMILES string of the molecule is O=C(c1ccc2cccnc2c1)C1CC1c1ccccc1. The third-order valence-corrected chi connectivity index (χ3v) is 4.25. The normalized spacial score (nSPS) is 20.4. The van der Waals surface area contributed by atoms with Crippen LogP contribution in [-0.4, -0.2) is 10.8 Å². The Morgan fingerprint density at radius 2 is 1.86 bits per heavy atom. The smallest absolute Gasteiger partial charge is 0.166 e. The second-order valence-corrected chi connectivity index (χ2v) is 5.63. The molecule has 3 aromatic rings. The van der Waals surface area contributed by atoms with Crippen molar-refractivity contribution in [3.05, 3.63) is 78.0 Å². The van der Waals surface area contributed by atoms with Gasteiger partial charge >= 0.3 is 0 Å². The van der Waals surface area contributed by atoms with E-state index in [-0.39, 0.29) is 11.7 Å². The Labute approximate surface area is 123 Å². The van der Waals surface area contributed by atoms with Crippen molar-refractivity contribution in [3.8, 4) is 0 Å². The summed E-state index contributed by atoms with van der Waals surface area (Å²) in [6, 6.07) is 20.1. The number of nitrogens with zero attached hydrogens (tertiary/aromatic N) is 1. The minimum Gasteiger partial charge on any atom is -0.294 e. The maximum absolute atomic E-state index is 12.6. The Bertz CT molecular complexity index is 810. The number of benzene rings is 2. The molecule has 2 unspecified atom stereocenters. The average molecular weight is 273 g/mol. The van der Waals surface area contributed by atoms with Gasteiger partial charge in [-0.15, -0.1) is 0 Å². The van der Waals surface area contributed by atoms with Crippen LogP contribution >= 0.6 is 0 Å². The van der Waals surface area contributed by atoms with E-state index in [0.29, 0.717) is 5.92 Å². The summed E-state index contributed by atoms with van der Waals surface area (Å²) in [6.07, 6.45) is 2.73. The molecule has 2 aromatic carbocycles. The third-order valence-electron chi connectivity index (χ3n) is 4.25. The number of hydrogen-bond donors (Lipinski definition) is 0. The molecule has 2 atom stereocenters. The quantitative estimate of drug-likeness (QED) is 0.669. The molecule has 0 saturated heterocycles. The number of ketones is 1. The van der Waals surface area contributed by atoms with Crippen LogP contribution in [0.5, 0.6) is 0 Å². The van der Waals surface area contributed by atoms with E-state index in [1.165, 1.54) is 5.56 Å². The summed E-state index contributed by atoms with van der Waals surface area (Å²) in [7, 11) is 0. The lowest BCUT2D eigenvalue weighted by Crippen LogP contribution is -2.03. The molecule has 1 saturated carbocycles. The van der Waals surface area contributed by atoms with Gasteiger partial charge in [0.2, 0.25) is 0 Å². The van der Waals surface area contributed by atoms with Crippen LogP contribution in [-0.2, 0) is 0 Å². The summed E-state index contributed by atoms with van der Waals surface area (Å²) in [4.78, 5) is 16.9. The zero-order valence-corrected chi connectivity index (χ0v) is 11.6. The van der Waals surface area contributed by atoms with Crippen molar-refractivity contribution in [1.29, 1.82) is 0 Å². The fourth-order valence-electron chi connectivity index (χ4n) is 2.99. The Morgan fingerprint density at radius 3 is 2.71 bits per heavy atom. The molecule has 0 bridgehead atoms. The van der Waals surface area contributed by atoms with Crippen LogP contribution in [0, 0.1) is 5.92 Å². The molecule has 1 fully saturated rings. The van der Waals surface area contributed by atoms with E-state index < -0.39 is 0 Å². The van der Waals surface area contributed by atoms with Crippen molar-refractivity contribution < 1.29 is 4.79 Å². The van der Waals surface area contributed by atoms with Gasteiger partial charge in [0, 0.05) is 23.1 Å². The second kappa shape index (κ2) is 4.81. The van der Waals surface area contributed by atoms with Gasteiger partial charge in [-0.3, -0.25) is 9.78 Å². The van der Waals surface area contributed by atoms with Crippen LogP contribution < -0.4 is 0 Å². The third kappa shape index (κ3) is 2.23. The zero-order chi connectivity index (χ0) is 14.2. The highest BCUT2D eigenvalue weighted by molar-refractivity contribution is 6.02. The summed E-state index contributed by atoms with van der Waals surface area (Å²) in [5, 5.41) is 1.07. The van der Waals surface area contributed by atoms with Gasteiger partial charge in [0.25, 0.3) is 0 Å². The van der Waals surface area contributed by atoms with Crippen LogP contribution in [0.1, 0.15) is 28.3 Å². The molecule has 1 aliphatic carbocycles. The minimum absolute atomic E-state index is 0.133. The largest absolute Gasteiger partial charge is 0.294 e. The molecule has 1 aliphatic rings. The highest BCUT2D eigenvalue weighted by Crippen LogP contribution is 2.49. The molecule has 2 nitrogen and oxygen atoms in total. The van der Waals surface area contributed by atoms with Crippen LogP contribution in [0.4, 0.5) is 0 Å². The maximum atomic E-state index is 12.6. The molecule has 0 N–H and O–H groups in total. The van der Waals surface area contributed by atoms with E-state index in [2.05, 4.69) is 17.1 Å². The van der Waals surface area contributed by atoms with Gasteiger partial charge in [0.1, 0.15) is 0 Å². The standard InChI is InChI=1S/C19H15NO/c21-19(17-12-16(17)13-5-2-1-3-6-13)15-9-8-14-7-4-10-20-18(14)11-15/h1-11,16-17H,12H2. The van der Waals surface area contributed by atoms with E-state index in [1.54, 1.807) is 6.20 Å². The topological polar surface area (TPSA) is 30.0 Å². The van der Waals surface area contributed by atoms with Crippen molar-refractivity contribution in [3.63, 3.8) is 0 Å². The molecule has 0 radical (unpaired) electrons. The number of rotatable bonds is 3. The van der Waals surface area contributed by atoms with Crippen LogP contribution in [0.2, 0.25) is 0 Å². The summed E-state index contributed by atoms with van der Waals surface area (Å²) in [5.74, 6) is 0.767. The van der Waals surface area contributed by atoms with E-state index in [1.807, 2.05) is 48.5 Å². The lowest BCUT2D eigenvalue weighted by molar-refractivity contribution is 0.0965. The van der Waals surface area contributed by atoms with Gasteiger partial charge in [-0.1, -0.05) is 48.5 Å². The van der Waals surface area contributed by atoms with Gasteiger partial charge in [-0.25, -0.2) is 0 Å². The van der Waals surface area contributed by atoms with Gasteiger partial charge in [-0.2, -0.15) is 0 Å². The molecule has 102 valence electrons. The lowest BCUT2D eigenvalue weighted by atomic mass is 10.0. The van der Waals surface area contributed by atoms with Gasteiger partial charge in [0.15, 0.2) is 5.78 Å². The van der Waals surface area contributed by atoms with Gasteiger partial charge < -0.3 is 0 Å². The number of pyridine rings is 1. The predicted octanol–water partition coefficient (Wildman–Crippen LogP) is 4.22. The first-order valence-corrected chi connectivity index (χ1v) is 7.27. The first kappa shape index (κ1) is 12.3. The highest BCUT2D eigenvalue weighted by atomic mass is 16.1. The average Bonchev–Trinajstić information content (AvgIpc) is 3.35. The van der Waals surface area contributed by atoms with E-state index >= 15 is 0 Å². The first-order chi connectivity index (χ1) is 10.3. The number of aromatic nitrogens is 1. The number of Topliss-reactive ketones (excluding diaryl/α,β-unsaturated/α-hetero) is 1. The number of carbonyl (C=O) groups excluding carboxylic acids is 1. The van der Waals surface area contributed by atoms with Crippen LogP contribution in [0.3, 0.4) is 0 Å². The fraction of sp³-hybridized carbons (Fsp3) is 0.158. The molecule has 4 rings (SSSR count). The van der Waals surface area contributed by atoms with Crippen molar-refractivity contribution in [2.24, 2.45) is 5.92 Å². The van der Waals surface area contributed by atoms with Crippen molar-refractivity contribution >= 4 is 16.7 Å². The minimum atomic E-state index is 0.133. The van der Waals surface area contributed by atoms with E-state index in [9.17, 15) is 4.79 Å². The molecule has 0 aliphatic heterocycles. The van der Waals surface area contributed by atoms with E-state index in [0.717, 1.165) is 22.9 Å². The maximum Gasteiger partial charge on any atom is 0.166 e. The fourth-order valence-corrected chi connectivity index (χ4v) is 2.99. The van der Waals surface area contributed by atoms with Gasteiger partial charge in [-0.05, 0) is 30.0 Å². The number of fused-ring (bicyclic) bond motifs is 1. The molecule has 0 spiro atoms. The van der Waals surface area contributed by atoms with E-state index in [4.69, 9.17) is 0 Å². The summed E-state index contributed by atoms with van der Waals surface area (Å²) in [5.41, 5.74) is 2.94. The first-order valence-electron chi connectivity index (χ1n) is 7.27. The van der Waals surface area contributed by atoms with Gasteiger partial charge in [0.05, 0.1) is 5.52 Å². The molecular weight excluding hydrogens is 258 g/mol.